The lowest BCUT2D eigenvalue weighted by atomic mass is 9.99. The average Bonchev–Trinajstić information content (AvgIpc) is 2.40. The normalized spacial score (nSPS) is 16.1. The molecule has 0 unspecified atom stereocenters. The summed E-state index contributed by atoms with van der Waals surface area (Å²) in [5.41, 5.74) is 0. The van der Waals surface area contributed by atoms with Crippen molar-refractivity contribution >= 4 is 8.32 Å². The molecule has 0 radical (unpaired) electrons. The third kappa shape index (κ3) is 6.88. The Hall–Kier alpha value is -0.633. The van der Waals surface area contributed by atoms with Crippen LogP contribution in [-0.4, -0.2) is 31.6 Å². The first kappa shape index (κ1) is 24.4. The highest BCUT2D eigenvalue weighted by atomic mass is 28.4. The van der Waals surface area contributed by atoms with E-state index < -0.39 is 31.6 Å². The van der Waals surface area contributed by atoms with Gasteiger partial charge in [-0.15, -0.1) is 0 Å². The fourth-order valence-electron chi connectivity index (χ4n) is 2.75. The molecule has 0 saturated carbocycles. The molecule has 0 spiro atoms. The molecule has 150 valence electrons. The summed E-state index contributed by atoms with van der Waals surface area (Å²) in [6.07, 6.45) is -3.16. The zero-order valence-electron chi connectivity index (χ0n) is 16.6. The molecule has 0 aliphatic heterocycles. The van der Waals surface area contributed by atoms with Gasteiger partial charge in [-0.05, 0) is 30.5 Å². The van der Waals surface area contributed by atoms with Crippen LogP contribution in [0.25, 0.3) is 0 Å². The van der Waals surface area contributed by atoms with Gasteiger partial charge in [-0.1, -0.05) is 60.3 Å². The maximum atomic E-state index is 13.3. The van der Waals surface area contributed by atoms with E-state index in [9.17, 15) is 23.3 Å². The van der Waals surface area contributed by atoms with Gasteiger partial charge >= 0.3 is 12.2 Å². The van der Waals surface area contributed by atoms with E-state index in [1.807, 2.05) is 47.7 Å². The second kappa shape index (κ2) is 9.35. The number of alkyl halides is 3. The number of rotatable bonds is 11. The quantitative estimate of drug-likeness (QED) is 0.184. The molecule has 0 aliphatic carbocycles. The van der Waals surface area contributed by atoms with Crippen LogP contribution in [-0.2, 0) is 4.43 Å². The average molecular weight is 386 g/mol. The van der Waals surface area contributed by atoms with Crippen LogP contribution < -0.4 is 0 Å². The summed E-state index contributed by atoms with van der Waals surface area (Å²) in [6.45, 7) is 13.7. The molecule has 0 aliphatic rings. The summed E-state index contributed by atoms with van der Waals surface area (Å²) in [7, 11) is -2.62. The Morgan fingerprint density at radius 3 is 2.00 bits per heavy atom. The van der Waals surface area contributed by atoms with Crippen molar-refractivity contribution in [2.75, 3.05) is 0 Å². The number of hydrogen-bond donors (Lipinski definition) is 0. The van der Waals surface area contributed by atoms with Gasteiger partial charge in [0.05, 0.1) is 0 Å². The minimum atomic E-state index is -4.91. The van der Waals surface area contributed by atoms with E-state index >= 15 is 0 Å². The third-order valence-corrected chi connectivity index (χ3v) is 10.3. The summed E-state index contributed by atoms with van der Waals surface area (Å²) in [5.74, 6) is 0.204. The number of nitro groups is 1. The predicted octanol–water partition coefficient (Wildman–Crippen LogP) is 6.19. The first-order chi connectivity index (χ1) is 11.2. The lowest BCUT2D eigenvalue weighted by Crippen LogP contribution is -2.54. The maximum Gasteiger partial charge on any atom is 0.460 e. The highest BCUT2D eigenvalue weighted by Crippen LogP contribution is 2.46. The van der Waals surface area contributed by atoms with E-state index in [0.29, 0.717) is 6.42 Å². The summed E-state index contributed by atoms with van der Waals surface area (Å²) < 4.78 is 45.9. The Bertz CT molecular complexity index is 426. The fraction of sp³-hybridized carbons (Fsp3) is 1.00. The van der Waals surface area contributed by atoms with Crippen LogP contribution in [0.2, 0.25) is 18.1 Å². The van der Waals surface area contributed by atoms with Crippen molar-refractivity contribution in [2.24, 2.45) is 5.92 Å². The molecule has 0 heterocycles. The van der Waals surface area contributed by atoms with Crippen LogP contribution in [0.1, 0.15) is 66.7 Å². The van der Waals surface area contributed by atoms with Gasteiger partial charge in [0.2, 0.25) is 0 Å². The van der Waals surface area contributed by atoms with Crippen LogP contribution in [0, 0.1) is 16.0 Å². The van der Waals surface area contributed by atoms with Gasteiger partial charge in [0.1, 0.15) is 6.10 Å². The Labute approximate surface area is 150 Å². The van der Waals surface area contributed by atoms with Crippen molar-refractivity contribution in [3.05, 3.63) is 10.1 Å². The van der Waals surface area contributed by atoms with Crippen LogP contribution in [0.3, 0.4) is 0 Å². The van der Waals surface area contributed by atoms with Crippen LogP contribution in [0.4, 0.5) is 13.2 Å². The lowest BCUT2D eigenvalue weighted by Gasteiger charge is -2.44. The summed E-state index contributed by atoms with van der Waals surface area (Å²) in [5, 5.41) is 10.9. The molecule has 8 heteroatoms. The Morgan fingerprint density at radius 1 is 1.12 bits per heavy atom. The molecule has 0 N–H and O–H groups in total. The van der Waals surface area contributed by atoms with Gasteiger partial charge in [-0.2, -0.15) is 13.2 Å². The Balaban J connectivity index is 5.54. The number of hydrogen-bond acceptors (Lipinski definition) is 3. The molecule has 0 aromatic heterocycles. The second-order valence-electron chi connectivity index (χ2n) is 8.16. The van der Waals surface area contributed by atoms with Crippen molar-refractivity contribution in [2.45, 2.75) is 103 Å². The standard InChI is InChI=1S/C17H34F3NO3Si/c1-8-9-10-11-12-14(15(21(22)23)17(18,19)20)24-25(6,7)16(4,5)13(2)3/h13-15H,8-12H2,1-7H3/t14-,15-/m0/s1. The number of nitrogens with zero attached hydrogens (tertiary/aromatic N) is 1. The van der Waals surface area contributed by atoms with Gasteiger partial charge in [-0.3, -0.25) is 10.1 Å². The van der Waals surface area contributed by atoms with E-state index in [1.54, 1.807) is 0 Å². The number of halogens is 3. The first-order valence-electron chi connectivity index (χ1n) is 9.06. The second-order valence-corrected chi connectivity index (χ2v) is 12.7. The summed E-state index contributed by atoms with van der Waals surface area (Å²) in [6, 6.07) is -2.66. The zero-order chi connectivity index (χ0) is 20.1. The molecular formula is C17H34F3NO3Si. The minimum Gasteiger partial charge on any atom is -0.407 e. The van der Waals surface area contributed by atoms with Crippen molar-refractivity contribution < 1.29 is 22.5 Å². The fourth-order valence-corrected chi connectivity index (χ4v) is 5.44. The Kier molecular flexibility index (Phi) is 9.11. The molecule has 2 atom stereocenters. The molecule has 4 nitrogen and oxygen atoms in total. The zero-order valence-corrected chi connectivity index (χ0v) is 17.6. The van der Waals surface area contributed by atoms with E-state index in [2.05, 4.69) is 0 Å². The highest BCUT2D eigenvalue weighted by Gasteiger charge is 2.57. The van der Waals surface area contributed by atoms with Crippen molar-refractivity contribution in [1.82, 2.24) is 0 Å². The van der Waals surface area contributed by atoms with Gasteiger partial charge in [0, 0.05) is 4.92 Å². The van der Waals surface area contributed by atoms with E-state index in [-0.39, 0.29) is 17.4 Å². The summed E-state index contributed by atoms with van der Waals surface area (Å²) in [4.78, 5) is 9.94. The van der Waals surface area contributed by atoms with Gasteiger partial charge in [-0.25, -0.2) is 0 Å². The number of unbranched alkanes of at least 4 members (excludes halogenated alkanes) is 3. The molecule has 25 heavy (non-hydrogen) atoms. The van der Waals surface area contributed by atoms with Crippen LogP contribution >= 0.6 is 0 Å². The van der Waals surface area contributed by atoms with Gasteiger partial charge in [0.15, 0.2) is 8.32 Å². The van der Waals surface area contributed by atoms with Crippen LogP contribution in [0.5, 0.6) is 0 Å². The molecule has 0 amide bonds. The van der Waals surface area contributed by atoms with E-state index in [0.717, 1.165) is 19.3 Å². The largest absolute Gasteiger partial charge is 0.460 e. The topological polar surface area (TPSA) is 52.4 Å². The smallest absolute Gasteiger partial charge is 0.407 e. The lowest BCUT2D eigenvalue weighted by molar-refractivity contribution is -0.573. The van der Waals surface area contributed by atoms with Crippen molar-refractivity contribution in [3.8, 4) is 0 Å². The molecular weight excluding hydrogens is 351 g/mol. The molecule has 0 fully saturated rings. The Morgan fingerprint density at radius 2 is 1.64 bits per heavy atom. The molecule has 0 rings (SSSR count). The molecule has 0 aromatic rings. The third-order valence-electron chi connectivity index (χ3n) is 5.70. The van der Waals surface area contributed by atoms with Gasteiger partial charge in [0.25, 0.3) is 0 Å². The predicted molar refractivity (Wildman–Crippen MR) is 96.8 cm³/mol. The van der Waals surface area contributed by atoms with Crippen molar-refractivity contribution in [1.29, 1.82) is 0 Å². The SMILES string of the molecule is CCCCCC[C@H](O[Si](C)(C)C(C)(C)C(C)C)[C@H]([N+](=O)[O-])C(F)(F)F. The van der Waals surface area contributed by atoms with Crippen LogP contribution in [0.15, 0.2) is 0 Å². The highest BCUT2D eigenvalue weighted by molar-refractivity contribution is 6.74. The molecule has 0 bridgehead atoms. The monoisotopic (exact) mass is 385 g/mol. The van der Waals surface area contributed by atoms with Crippen molar-refractivity contribution in [3.63, 3.8) is 0 Å². The van der Waals surface area contributed by atoms with E-state index in [4.69, 9.17) is 4.43 Å². The van der Waals surface area contributed by atoms with E-state index in [1.165, 1.54) is 0 Å². The minimum absolute atomic E-state index is 0.0652. The van der Waals surface area contributed by atoms with Gasteiger partial charge < -0.3 is 4.43 Å². The first-order valence-corrected chi connectivity index (χ1v) is 12.0. The molecule has 0 saturated heterocycles. The maximum absolute atomic E-state index is 13.3. The summed E-state index contributed by atoms with van der Waals surface area (Å²) >= 11 is 0. The molecule has 0 aromatic carbocycles.